The van der Waals surface area contributed by atoms with Crippen LogP contribution in [0.3, 0.4) is 0 Å². The molecule has 0 spiro atoms. The average molecular weight is 351 g/mol. The van der Waals surface area contributed by atoms with E-state index in [0.717, 1.165) is 53.5 Å². The van der Waals surface area contributed by atoms with E-state index in [1.807, 2.05) is 58.0 Å². The standard InChI is InChI=1S/C20H21N3OS/c24-20(22-11-3-1-4-12-22)16-7-9-18(10-8-16)25-15-17-14-23-13-5-2-6-19(23)21-17/h2,5-10,13-14H,1,3-4,11-12,15H2. The predicted molar refractivity (Wildman–Crippen MR) is 101 cm³/mol. The maximum atomic E-state index is 12.5. The number of benzene rings is 1. The van der Waals surface area contributed by atoms with E-state index in [9.17, 15) is 4.79 Å². The van der Waals surface area contributed by atoms with E-state index in [4.69, 9.17) is 0 Å². The first kappa shape index (κ1) is 16.2. The summed E-state index contributed by atoms with van der Waals surface area (Å²) in [6.45, 7) is 1.78. The van der Waals surface area contributed by atoms with Crippen LogP contribution in [0.2, 0.25) is 0 Å². The zero-order valence-corrected chi connectivity index (χ0v) is 14.9. The summed E-state index contributed by atoms with van der Waals surface area (Å²) in [6, 6.07) is 14.0. The van der Waals surface area contributed by atoms with Gasteiger partial charge in [0.2, 0.25) is 0 Å². The predicted octanol–water partition coefficient (Wildman–Crippen LogP) is 4.25. The van der Waals surface area contributed by atoms with Crippen LogP contribution in [0.4, 0.5) is 0 Å². The molecular weight excluding hydrogens is 330 g/mol. The number of imidazole rings is 1. The van der Waals surface area contributed by atoms with Gasteiger partial charge in [-0.3, -0.25) is 4.79 Å². The monoisotopic (exact) mass is 351 g/mol. The summed E-state index contributed by atoms with van der Waals surface area (Å²) in [4.78, 5) is 20.2. The van der Waals surface area contributed by atoms with Gasteiger partial charge in [0.25, 0.3) is 5.91 Å². The fourth-order valence-corrected chi connectivity index (χ4v) is 3.97. The van der Waals surface area contributed by atoms with Crippen LogP contribution in [-0.4, -0.2) is 33.3 Å². The molecule has 2 aromatic heterocycles. The topological polar surface area (TPSA) is 37.6 Å². The molecule has 128 valence electrons. The Hall–Kier alpha value is -2.27. The Labute approximate surface area is 151 Å². The Kier molecular flexibility index (Phi) is 4.74. The average Bonchev–Trinajstić information content (AvgIpc) is 3.10. The van der Waals surface area contributed by atoms with Crippen molar-refractivity contribution in [1.29, 1.82) is 0 Å². The Morgan fingerprint density at radius 2 is 1.84 bits per heavy atom. The van der Waals surface area contributed by atoms with Crippen LogP contribution >= 0.6 is 11.8 Å². The van der Waals surface area contributed by atoms with Crippen molar-refractivity contribution in [2.45, 2.75) is 29.9 Å². The number of carbonyl (C=O) groups is 1. The summed E-state index contributed by atoms with van der Waals surface area (Å²) in [5.74, 6) is 0.984. The van der Waals surface area contributed by atoms with Gasteiger partial charge in [-0.2, -0.15) is 0 Å². The maximum absolute atomic E-state index is 12.5. The number of aromatic nitrogens is 2. The summed E-state index contributed by atoms with van der Waals surface area (Å²) in [7, 11) is 0. The molecule has 1 aliphatic heterocycles. The number of hydrogen-bond donors (Lipinski definition) is 0. The van der Waals surface area contributed by atoms with Crippen molar-refractivity contribution in [1.82, 2.24) is 14.3 Å². The number of fused-ring (bicyclic) bond motifs is 1. The molecule has 0 saturated carbocycles. The molecule has 1 saturated heterocycles. The Balaban J connectivity index is 1.39. The van der Waals surface area contributed by atoms with Crippen LogP contribution < -0.4 is 0 Å². The van der Waals surface area contributed by atoms with Gasteiger partial charge in [-0.15, -0.1) is 11.8 Å². The van der Waals surface area contributed by atoms with Crippen molar-refractivity contribution in [3.8, 4) is 0 Å². The number of piperidine rings is 1. The first-order valence-corrected chi connectivity index (χ1v) is 9.73. The molecule has 3 aromatic rings. The minimum atomic E-state index is 0.164. The lowest BCUT2D eigenvalue weighted by molar-refractivity contribution is 0.0724. The zero-order valence-electron chi connectivity index (χ0n) is 14.1. The van der Waals surface area contributed by atoms with Crippen LogP contribution in [0.1, 0.15) is 35.3 Å². The van der Waals surface area contributed by atoms with Gasteiger partial charge in [0.05, 0.1) is 5.69 Å². The minimum absolute atomic E-state index is 0.164. The molecule has 0 unspecified atom stereocenters. The summed E-state index contributed by atoms with van der Waals surface area (Å²) in [6.07, 6.45) is 7.56. The fraction of sp³-hybridized carbons (Fsp3) is 0.300. The largest absolute Gasteiger partial charge is 0.339 e. The van der Waals surface area contributed by atoms with Gasteiger partial charge in [0.15, 0.2) is 0 Å². The highest BCUT2D eigenvalue weighted by Crippen LogP contribution is 2.23. The summed E-state index contributed by atoms with van der Waals surface area (Å²) >= 11 is 1.74. The molecule has 0 bridgehead atoms. The normalized spacial score (nSPS) is 14.8. The molecule has 0 radical (unpaired) electrons. The second kappa shape index (κ2) is 7.31. The van der Waals surface area contributed by atoms with Crippen molar-refractivity contribution in [2.75, 3.05) is 13.1 Å². The lowest BCUT2D eigenvalue weighted by Gasteiger charge is -2.26. The fourth-order valence-electron chi connectivity index (χ4n) is 3.19. The molecule has 25 heavy (non-hydrogen) atoms. The molecular formula is C20H21N3OS. The van der Waals surface area contributed by atoms with Gasteiger partial charge in [0.1, 0.15) is 5.65 Å². The number of carbonyl (C=O) groups excluding carboxylic acids is 1. The van der Waals surface area contributed by atoms with Gasteiger partial charge in [0, 0.05) is 41.7 Å². The highest BCUT2D eigenvalue weighted by Gasteiger charge is 2.17. The number of thioether (sulfide) groups is 1. The lowest BCUT2D eigenvalue weighted by atomic mass is 10.1. The smallest absolute Gasteiger partial charge is 0.253 e. The Morgan fingerprint density at radius 1 is 1.04 bits per heavy atom. The molecule has 0 N–H and O–H groups in total. The number of pyridine rings is 1. The molecule has 4 nitrogen and oxygen atoms in total. The van der Waals surface area contributed by atoms with E-state index in [0.29, 0.717) is 0 Å². The quantitative estimate of drug-likeness (QED) is 0.659. The molecule has 3 heterocycles. The van der Waals surface area contributed by atoms with Gasteiger partial charge in [-0.1, -0.05) is 6.07 Å². The molecule has 1 aromatic carbocycles. The van der Waals surface area contributed by atoms with E-state index < -0.39 is 0 Å². The van der Waals surface area contributed by atoms with Crippen LogP contribution in [0, 0.1) is 0 Å². The molecule has 0 atom stereocenters. The third-order valence-electron chi connectivity index (χ3n) is 4.55. The van der Waals surface area contributed by atoms with Gasteiger partial charge >= 0.3 is 0 Å². The molecule has 1 fully saturated rings. The van der Waals surface area contributed by atoms with Gasteiger partial charge in [-0.05, 0) is 55.7 Å². The number of amides is 1. The summed E-state index contributed by atoms with van der Waals surface area (Å²) in [5, 5.41) is 0. The number of hydrogen-bond acceptors (Lipinski definition) is 3. The third-order valence-corrected chi connectivity index (χ3v) is 5.59. The van der Waals surface area contributed by atoms with Crippen molar-refractivity contribution >= 4 is 23.3 Å². The highest BCUT2D eigenvalue weighted by atomic mass is 32.2. The molecule has 4 rings (SSSR count). The first-order chi connectivity index (χ1) is 12.3. The van der Waals surface area contributed by atoms with Gasteiger partial charge < -0.3 is 9.30 Å². The number of rotatable bonds is 4. The lowest BCUT2D eigenvalue weighted by Crippen LogP contribution is -2.35. The van der Waals surface area contributed by atoms with Crippen LogP contribution in [-0.2, 0) is 5.75 Å². The van der Waals surface area contributed by atoms with E-state index in [-0.39, 0.29) is 5.91 Å². The number of likely N-dealkylation sites (tertiary alicyclic amines) is 1. The van der Waals surface area contributed by atoms with Gasteiger partial charge in [-0.25, -0.2) is 4.98 Å². The molecule has 1 amide bonds. The summed E-state index contributed by atoms with van der Waals surface area (Å²) in [5.41, 5.74) is 2.82. The third kappa shape index (κ3) is 3.71. The van der Waals surface area contributed by atoms with Crippen LogP contribution in [0.15, 0.2) is 59.8 Å². The second-order valence-electron chi connectivity index (χ2n) is 6.36. The van der Waals surface area contributed by atoms with Crippen molar-refractivity contribution in [3.05, 3.63) is 66.1 Å². The minimum Gasteiger partial charge on any atom is -0.339 e. The van der Waals surface area contributed by atoms with Crippen molar-refractivity contribution < 1.29 is 4.79 Å². The highest BCUT2D eigenvalue weighted by molar-refractivity contribution is 7.98. The summed E-state index contributed by atoms with van der Waals surface area (Å²) < 4.78 is 2.04. The van der Waals surface area contributed by atoms with E-state index >= 15 is 0 Å². The van der Waals surface area contributed by atoms with E-state index in [1.54, 1.807) is 11.8 Å². The van der Waals surface area contributed by atoms with E-state index in [2.05, 4.69) is 11.2 Å². The van der Waals surface area contributed by atoms with Crippen molar-refractivity contribution in [3.63, 3.8) is 0 Å². The molecule has 0 aliphatic carbocycles. The van der Waals surface area contributed by atoms with Crippen molar-refractivity contribution in [2.24, 2.45) is 0 Å². The Morgan fingerprint density at radius 3 is 2.60 bits per heavy atom. The first-order valence-electron chi connectivity index (χ1n) is 8.74. The SMILES string of the molecule is O=C(c1ccc(SCc2cn3ccccc3n2)cc1)N1CCCCC1. The van der Waals surface area contributed by atoms with Crippen LogP contribution in [0.5, 0.6) is 0 Å². The zero-order chi connectivity index (χ0) is 17.1. The Bertz CT molecular complexity index is 833. The number of nitrogens with zero attached hydrogens (tertiary/aromatic N) is 3. The molecule has 1 aliphatic rings. The maximum Gasteiger partial charge on any atom is 0.253 e. The van der Waals surface area contributed by atoms with E-state index in [1.165, 1.54) is 6.42 Å². The van der Waals surface area contributed by atoms with Crippen LogP contribution in [0.25, 0.3) is 5.65 Å². The molecule has 5 heteroatoms. The second-order valence-corrected chi connectivity index (χ2v) is 7.41.